The molecule has 0 radical (unpaired) electrons. The maximum Gasteiger partial charge on any atom is 0.267 e. The fourth-order valence-corrected chi connectivity index (χ4v) is 3.24. The Balaban J connectivity index is 1.85. The maximum absolute atomic E-state index is 13.1. The van der Waals surface area contributed by atoms with Crippen molar-refractivity contribution in [3.63, 3.8) is 0 Å². The molecule has 0 aliphatic heterocycles. The normalized spacial score (nSPS) is 16.0. The molecule has 26 heavy (non-hydrogen) atoms. The van der Waals surface area contributed by atoms with Crippen molar-refractivity contribution in [1.82, 2.24) is 10.2 Å². The third-order valence-corrected chi connectivity index (χ3v) is 4.43. The van der Waals surface area contributed by atoms with Crippen LogP contribution in [-0.4, -0.2) is 22.0 Å². The number of anilines is 1. The van der Waals surface area contributed by atoms with Gasteiger partial charge in [0.1, 0.15) is 0 Å². The van der Waals surface area contributed by atoms with Gasteiger partial charge >= 0.3 is 0 Å². The van der Waals surface area contributed by atoms with E-state index in [0.29, 0.717) is 5.69 Å². The average Bonchev–Trinajstić information content (AvgIpc) is 2.49. The molecule has 138 valence electrons. The second-order valence-corrected chi connectivity index (χ2v) is 6.82. The minimum absolute atomic E-state index is 0.0362. The first kappa shape index (κ1) is 18.6. The standard InChI is InChI=1S/C16H13Cl2F2N3O3/c1-7(24)21-9-2-11(17)14(12(18)3-9)26-13-4-10(15(25)23-22-13)8-5-16(19,20)6-8/h2-4,8H,5-6H2,1H3,(H,21,24)(H,23,25). The van der Waals surface area contributed by atoms with Gasteiger partial charge < -0.3 is 10.1 Å². The number of benzene rings is 1. The summed E-state index contributed by atoms with van der Waals surface area (Å²) in [5.74, 6) is -3.59. The predicted octanol–water partition coefficient (Wildman–Crippen LogP) is 4.34. The second kappa shape index (κ2) is 6.85. The molecule has 0 bridgehead atoms. The molecule has 1 heterocycles. The van der Waals surface area contributed by atoms with Crippen molar-refractivity contribution < 1.29 is 18.3 Å². The summed E-state index contributed by atoms with van der Waals surface area (Å²) in [4.78, 5) is 22.9. The summed E-state index contributed by atoms with van der Waals surface area (Å²) in [6.07, 6.45) is -0.793. The van der Waals surface area contributed by atoms with E-state index in [2.05, 4.69) is 15.5 Å². The Morgan fingerprint density at radius 1 is 1.31 bits per heavy atom. The lowest BCUT2D eigenvalue weighted by atomic mass is 9.77. The van der Waals surface area contributed by atoms with Crippen LogP contribution in [0.5, 0.6) is 11.6 Å². The quantitative estimate of drug-likeness (QED) is 0.794. The van der Waals surface area contributed by atoms with Crippen LogP contribution in [0.4, 0.5) is 14.5 Å². The molecule has 1 aliphatic rings. The Kier molecular flexibility index (Phi) is 4.90. The van der Waals surface area contributed by atoms with Gasteiger partial charge in [-0.05, 0) is 12.1 Å². The molecule has 10 heteroatoms. The van der Waals surface area contributed by atoms with Gasteiger partial charge in [0.05, 0.1) is 10.0 Å². The minimum atomic E-state index is -2.76. The summed E-state index contributed by atoms with van der Waals surface area (Å²) in [7, 11) is 0. The fraction of sp³-hybridized carbons (Fsp3) is 0.312. The van der Waals surface area contributed by atoms with Gasteiger partial charge in [0.25, 0.3) is 5.56 Å². The molecule has 1 fully saturated rings. The zero-order valence-corrected chi connectivity index (χ0v) is 14.9. The van der Waals surface area contributed by atoms with Gasteiger partial charge in [-0.15, -0.1) is 5.10 Å². The predicted molar refractivity (Wildman–Crippen MR) is 92.6 cm³/mol. The van der Waals surface area contributed by atoms with E-state index in [0.717, 1.165) is 0 Å². The Bertz CT molecular complexity index is 902. The molecular weight excluding hydrogens is 391 g/mol. The summed E-state index contributed by atoms with van der Waals surface area (Å²) in [6.45, 7) is 1.34. The highest BCUT2D eigenvalue weighted by Crippen LogP contribution is 2.48. The first-order valence-corrected chi connectivity index (χ1v) is 8.32. The van der Waals surface area contributed by atoms with Crippen LogP contribution in [0.2, 0.25) is 10.0 Å². The lowest BCUT2D eigenvalue weighted by Crippen LogP contribution is -2.36. The minimum Gasteiger partial charge on any atom is -0.434 e. The lowest BCUT2D eigenvalue weighted by Gasteiger charge is -2.34. The number of carbonyl (C=O) groups is 1. The zero-order chi connectivity index (χ0) is 19.1. The molecule has 0 unspecified atom stereocenters. The summed E-state index contributed by atoms with van der Waals surface area (Å²) in [5, 5.41) is 8.69. The van der Waals surface area contributed by atoms with Gasteiger partial charge in [-0.1, -0.05) is 23.2 Å². The number of amides is 1. The van der Waals surface area contributed by atoms with Crippen LogP contribution in [0.25, 0.3) is 0 Å². The van der Waals surface area contributed by atoms with Crippen molar-refractivity contribution in [3.8, 4) is 11.6 Å². The van der Waals surface area contributed by atoms with E-state index in [4.69, 9.17) is 27.9 Å². The SMILES string of the molecule is CC(=O)Nc1cc(Cl)c(Oc2cc(C3CC(F)(F)C3)c(=O)[nH]n2)c(Cl)c1. The number of rotatable bonds is 4. The van der Waals surface area contributed by atoms with Crippen LogP contribution in [0, 0.1) is 0 Å². The molecule has 1 amide bonds. The van der Waals surface area contributed by atoms with Gasteiger partial charge in [0.2, 0.25) is 17.7 Å². The number of hydrogen-bond donors (Lipinski definition) is 2. The highest BCUT2D eigenvalue weighted by molar-refractivity contribution is 6.37. The number of nitrogens with one attached hydrogen (secondary N) is 2. The van der Waals surface area contributed by atoms with Crippen LogP contribution < -0.4 is 15.6 Å². The average molecular weight is 404 g/mol. The molecule has 0 atom stereocenters. The summed E-state index contributed by atoms with van der Waals surface area (Å²) >= 11 is 12.2. The number of ether oxygens (including phenoxy) is 1. The molecule has 1 aromatic carbocycles. The van der Waals surface area contributed by atoms with Crippen LogP contribution >= 0.6 is 23.2 Å². The molecule has 6 nitrogen and oxygen atoms in total. The van der Waals surface area contributed by atoms with E-state index in [1.54, 1.807) is 0 Å². The number of alkyl halides is 2. The molecule has 1 saturated carbocycles. The van der Waals surface area contributed by atoms with Gasteiger partial charge in [-0.2, -0.15) is 0 Å². The smallest absolute Gasteiger partial charge is 0.267 e. The number of carbonyl (C=O) groups excluding carboxylic acids is 1. The van der Waals surface area contributed by atoms with E-state index in [9.17, 15) is 18.4 Å². The zero-order valence-electron chi connectivity index (χ0n) is 13.4. The number of nitrogens with zero attached hydrogens (tertiary/aromatic N) is 1. The molecule has 0 spiro atoms. The number of aromatic nitrogens is 2. The second-order valence-electron chi connectivity index (χ2n) is 6.00. The van der Waals surface area contributed by atoms with Crippen LogP contribution in [-0.2, 0) is 4.79 Å². The Labute approximate surface area is 156 Å². The van der Waals surface area contributed by atoms with Crippen molar-refractivity contribution in [2.24, 2.45) is 0 Å². The summed E-state index contributed by atoms with van der Waals surface area (Å²) < 4.78 is 31.6. The highest BCUT2D eigenvalue weighted by Gasteiger charge is 2.46. The largest absolute Gasteiger partial charge is 0.434 e. The molecule has 1 aliphatic carbocycles. The monoisotopic (exact) mass is 403 g/mol. The molecule has 1 aromatic heterocycles. The van der Waals surface area contributed by atoms with Crippen molar-refractivity contribution in [2.45, 2.75) is 31.6 Å². The van der Waals surface area contributed by atoms with E-state index < -0.39 is 30.2 Å². The highest BCUT2D eigenvalue weighted by atomic mass is 35.5. The first-order valence-electron chi connectivity index (χ1n) is 7.56. The Hall–Kier alpha value is -2.19. The number of halogens is 4. The summed E-state index contributed by atoms with van der Waals surface area (Å²) in [6, 6.07) is 4.17. The van der Waals surface area contributed by atoms with Crippen molar-refractivity contribution in [3.05, 3.63) is 44.2 Å². The van der Waals surface area contributed by atoms with Crippen LogP contribution in [0.15, 0.2) is 23.0 Å². The van der Waals surface area contributed by atoms with Crippen LogP contribution in [0.3, 0.4) is 0 Å². The van der Waals surface area contributed by atoms with E-state index in [1.165, 1.54) is 25.1 Å². The molecule has 3 rings (SSSR count). The number of H-pyrrole nitrogens is 1. The van der Waals surface area contributed by atoms with Crippen molar-refractivity contribution in [1.29, 1.82) is 0 Å². The number of aromatic amines is 1. The lowest BCUT2D eigenvalue weighted by molar-refractivity contribution is -0.114. The molecule has 2 aromatic rings. The van der Waals surface area contributed by atoms with Crippen LogP contribution in [0.1, 0.15) is 31.2 Å². The van der Waals surface area contributed by atoms with E-state index >= 15 is 0 Å². The van der Waals surface area contributed by atoms with Gasteiger partial charge in [0, 0.05) is 43.0 Å². The first-order chi connectivity index (χ1) is 12.1. The topological polar surface area (TPSA) is 84.1 Å². The Morgan fingerprint density at radius 2 is 1.92 bits per heavy atom. The third-order valence-electron chi connectivity index (χ3n) is 3.86. The van der Waals surface area contributed by atoms with E-state index in [1.807, 2.05) is 0 Å². The summed E-state index contributed by atoms with van der Waals surface area (Å²) in [5.41, 5.74) is 0.00533. The fourth-order valence-electron chi connectivity index (χ4n) is 2.68. The number of hydrogen-bond acceptors (Lipinski definition) is 4. The van der Waals surface area contributed by atoms with Crippen molar-refractivity contribution >= 4 is 34.8 Å². The van der Waals surface area contributed by atoms with E-state index in [-0.39, 0.29) is 33.1 Å². The molecular formula is C16H13Cl2F2N3O3. The van der Waals surface area contributed by atoms with Gasteiger partial charge in [-0.3, -0.25) is 9.59 Å². The Morgan fingerprint density at radius 3 is 2.46 bits per heavy atom. The third kappa shape index (κ3) is 3.96. The van der Waals surface area contributed by atoms with Gasteiger partial charge in [0.15, 0.2) is 5.75 Å². The maximum atomic E-state index is 13.1. The van der Waals surface area contributed by atoms with Crippen molar-refractivity contribution in [2.75, 3.05) is 5.32 Å². The molecule has 0 saturated heterocycles. The molecule has 2 N–H and O–H groups in total. The van der Waals surface area contributed by atoms with Gasteiger partial charge in [-0.25, -0.2) is 13.9 Å².